The molecular weight excluding hydrogens is 873 g/mol. The first-order valence-corrected chi connectivity index (χ1v) is 22.9. The molecule has 2 aromatic rings. The zero-order chi connectivity index (χ0) is 46.5. The minimum atomic E-state index is -4.99. The minimum absolute atomic E-state index is 0.0180. The molecular formula is C44H49F4N2O11S2-. The van der Waals surface area contributed by atoms with E-state index in [1.54, 1.807) is 44.3 Å². The fourth-order valence-electron chi connectivity index (χ4n) is 7.58. The summed E-state index contributed by atoms with van der Waals surface area (Å²) in [6.07, 6.45) is 4.19. The number of allylic oxidation sites excluding steroid dienone is 3. The van der Waals surface area contributed by atoms with Crippen LogP contribution in [0.4, 0.5) is 23.2 Å². The summed E-state index contributed by atoms with van der Waals surface area (Å²) in [7, 11) is -6.39. The average Bonchev–Trinajstić information content (AvgIpc) is 3.42. The summed E-state index contributed by atoms with van der Waals surface area (Å²) in [5, 5.41) is 0.875. The Balaban J connectivity index is 1.61. The molecule has 0 aromatic heterocycles. The number of anilines is 1. The minimum Gasteiger partial charge on any atom is -0.748 e. The van der Waals surface area contributed by atoms with E-state index in [0.29, 0.717) is 54.8 Å². The Morgan fingerprint density at radius 3 is 2.14 bits per heavy atom. The number of hydrogen-bond acceptors (Lipinski definition) is 12. The number of hydrogen-bond donors (Lipinski definition) is 0. The highest BCUT2D eigenvalue weighted by Gasteiger charge is 2.43. The number of nitrogens with zero attached hydrogens (tertiary/aromatic N) is 2. The summed E-state index contributed by atoms with van der Waals surface area (Å²) in [5.41, 5.74) is 1.37. The quantitative estimate of drug-likeness (QED) is 0.0262. The van der Waals surface area contributed by atoms with E-state index in [-0.39, 0.29) is 37.3 Å². The van der Waals surface area contributed by atoms with Crippen molar-refractivity contribution in [3.8, 4) is 17.1 Å². The van der Waals surface area contributed by atoms with Gasteiger partial charge in [-0.2, -0.15) is 8.78 Å². The molecule has 1 atom stereocenters. The van der Waals surface area contributed by atoms with Crippen LogP contribution in [0.25, 0.3) is 17.4 Å². The zero-order valence-corrected chi connectivity index (χ0v) is 37.3. The van der Waals surface area contributed by atoms with Gasteiger partial charge in [-0.1, -0.05) is 26.8 Å². The van der Waals surface area contributed by atoms with Crippen LogP contribution in [0.1, 0.15) is 70.3 Å². The molecule has 0 saturated carbocycles. The van der Waals surface area contributed by atoms with Crippen LogP contribution in [-0.4, -0.2) is 84.7 Å². The van der Waals surface area contributed by atoms with Crippen molar-refractivity contribution in [3.63, 3.8) is 0 Å². The molecule has 0 amide bonds. The predicted molar refractivity (Wildman–Crippen MR) is 224 cm³/mol. The van der Waals surface area contributed by atoms with Crippen molar-refractivity contribution < 1.29 is 66.9 Å². The van der Waals surface area contributed by atoms with Crippen LogP contribution in [0.5, 0.6) is 5.75 Å². The molecule has 1 aliphatic carbocycles. The van der Waals surface area contributed by atoms with Crippen LogP contribution in [0, 0.1) is 23.3 Å². The van der Waals surface area contributed by atoms with Crippen LogP contribution in [0.2, 0.25) is 0 Å². The Morgan fingerprint density at radius 2 is 1.56 bits per heavy atom. The van der Waals surface area contributed by atoms with Gasteiger partial charge in [-0.25, -0.2) is 30.2 Å². The first-order valence-electron chi connectivity index (χ1n) is 19.9. The lowest BCUT2D eigenvalue weighted by atomic mass is 9.77. The van der Waals surface area contributed by atoms with Crippen LogP contribution in [0.3, 0.4) is 0 Å². The largest absolute Gasteiger partial charge is 0.748 e. The molecule has 342 valence electrons. The SMILES string of the molecule is COCC[N+](CCOC)=c1ccc2c(C(C)(C)C)cc(/C=C/C=C3/N(CCCS(=O)(=O)[O-])c4ccc(S(=O)(=O)[O-])cc4C3(C)CCCC(=O)Oc3c(F)c(F)cc(F)c3F)oc-2c1. The summed E-state index contributed by atoms with van der Waals surface area (Å²) < 4.78 is 152. The standard InChI is InChI=1S/C44H50F4N2O11S2/c1-43(2,3)32-25-29(60-37-24-28(13-15-31(32)37)49(19-21-58-5)20-22-59-6)10-7-11-38-44(4,17-8-12-39(51)61-42-40(47)34(45)27-35(46)41(42)48)33-26-30(63(55,56)57)14-16-36(33)50(38)18-9-23-62(52,53)54/h7,10-11,13-16,24-27H,8-9,12,17-23H2,1-6H3,(H-,52,53,54,55,56,57)/p-1. The van der Waals surface area contributed by atoms with E-state index in [4.69, 9.17) is 18.6 Å². The van der Waals surface area contributed by atoms with Crippen molar-refractivity contribution in [2.75, 3.05) is 57.7 Å². The fraction of sp³-hybridized carbons (Fsp3) is 0.409. The topological polar surface area (TPSA) is 179 Å². The van der Waals surface area contributed by atoms with Gasteiger partial charge in [0.05, 0.1) is 21.1 Å². The molecule has 2 aliphatic heterocycles. The molecule has 3 aliphatic rings. The molecule has 0 bridgehead atoms. The molecule has 2 aromatic carbocycles. The number of fused-ring (bicyclic) bond motifs is 2. The Morgan fingerprint density at radius 1 is 0.905 bits per heavy atom. The lowest BCUT2D eigenvalue weighted by molar-refractivity contribution is -0.135. The average molecular weight is 922 g/mol. The van der Waals surface area contributed by atoms with Gasteiger partial charge in [0.1, 0.15) is 34.9 Å². The number of rotatable bonds is 18. The number of esters is 1. The first-order chi connectivity index (χ1) is 29.5. The van der Waals surface area contributed by atoms with E-state index in [1.165, 1.54) is 12.1 Å². The van der Waals surface area contributed by atoms with Crippen LogP contribution in [0.15, 0.2) is 75.7 Å². The molecule has 0 saturated heterocycles. The van der Waals surface area contributed by atoms with E-state index in [1.807, 2.05) is 24.3 Å². The first kappa shape index (κ1) is 49.1. The highest BCUT2D eigenvalue weighted by molar-refractivity contribution is 7.86. The van der Waals surface area contributed by atoms with Gasteiger partial charge >= 0.3 is 5.97 Å². The third-order valence-electron chi connectivity index (χ3n) is 10.7. The highest BCUT2D eigenvalue weighted by atomic mass is 32.2. The summed E-state index contributed by atoms with van der Waals surface area (Å²) in [6, 6.07) is 11.4. The second-order valence-corrected chi connectivity index (χ2v) is 19.1. The Bertz CT molecular complexity index is 2640. The maximum Gasteiger partial charge on any atom is 0.311 e. The van der Waals surface area contributed by atoms with Gasteiger partial charge in [0, 0.05) is 67.4 Å². The number of carbonyl (C=O) groups excluding carboxylic acids is 1. The van der Waals surface area contributed by atoms with E-state index in [9.17, 15) is 48.3 Å². The van der Waals surface area contributed by atoms with Gasteiger partial charge in [-0.3, -0.25) is 4.79 Å². The number of halogens is 4. The molecule has 0 N–H and O–H groups in total. The predicted octanol–water partition coefficient (Wildman–Crippen LogP) is 6.59. The molecule has 1 unspecified atom stereocenters. The molecule has 5 rings (SSSR count). The number of ether oxygens (including phenoxy) is 3. The second-order valence-electron chi connectivity index (χ2n) is 16.2. The van der Waals surface area contributed by atoms with E-state index >= 15 is 0 Å². The van der Waals surface area contributed by atoms with Crippen LogP contribution in [-0.2, 0) is 45.3 Å². The number of carbonyl (C=O) groups is 1. The highest BCUT2D eigenvalue weighted by Crippen LogP contribution is 2.51. The molecule has 0 fully saturated rings. The Labute approximate surface area is 364 Å². The summed E-state index contributed by atoms with van der Waals surface area (Å²) in [6.45, 7) is 9.95. The van der Waals surface area contributed by atoms with Gasteiger partial charge in [-0.15, -0.1) is 0 Å². The third kappa shape index (κ3) is 11.8. The van der Waals surface area contributed by atoms with Crippen molar-refractivity contribution >= 4 is 38.0 Å². The maximum atomic E-state index is 14.3. The molecule has 2 heterocycles. The second kappa shape index (κ2) is 19.9. The third-order valence-corrected chi connectivity index (χ3v) is 12.3. The van der Waals surface area contributed by atoms with Crippen molar-refractivity contribution in [1.29, 1.82) is 0 Å². The van der Waals surface area contributed by atoms with Crippen LogP contribution >= 0.6 is 0 Å². The van der Waals surface area contributed by atoms with Crippen molar-refractivity contribution in [1.82, 2.24) is 4.58 Å². The van der Waals surface area contributed by atoms with Gasteiger partial charge in [0.2, 0.25) is 22.7 Å². The Hall–Kier alpha value is -4.92. The van der Waals surface area contributed by atoms with Crippen molar-refractivity contribution in [2.24, 2.45) is 0 Å². The molecule has 13 nitrogen and oxygen atoms in total. The van der Waals surface area contributed by atoms with Gasteiger partial charge in [-0.05, 0) is 85.2 Å². The van der Waals surface area contributed by atoms with Gasteiger partial charge in [0.25, 0.3) is 0 Å². The molecule has 0 radical (unpaired) electrons. The Kier molecular flexibility index (Phi) is 15.5. The molecule has 0 spiro atoms. The molecule has 63 heavy (non-hydrogen) atoms. The molecule has 19 heteroatoms. The van der Waals surface area contributed by atoms with Crippen LogP contribution < -0.4 is 19.6 Å². The van der Waals surface area contributed by atoms with Crippen molar-refractivity contribution in [2.45, 2.75) is 69.1 Å². The van der Waals surface area contributed by atoms with Crippen molar-refractivity contribution in [3.05, 3.63) is 112 Å². The number of benzene rings is 3. The lowest BCUT2D eigenvalue weighted by Gasteiger charge is -2.30. The monoisotopic (exact) mass is 921 g/mol. The van der Waals surface area contributed by atoms with Gasteiger partial charge < -0.3 is 32.6 Å². The fourth-order valence-corrected chi connectivity index (χ4v) is 8.56. The van der Waals surface area contributed by atoms with E-state index in [0.717, 1.165) is 22.6 Å². The lowest BCUT2D eigenvalue weighted by Crippen LogP contribution is -2.35. The summed E-state index contributed by atoms with van der Waals surface area (Å²) >= 11 is 0. The summed E-state index contributed by atoms with van der Waals surface area (Å²) in [4.78, 5) is 13.9. The smallest absolute Gasteiger partial charge is 0.311 e. The normalized spacial score (nSPS) is 16.4. The summed E-state index contributed by atoms with van der Waals surface area (Å²) in [5.74, 6) is -9.85. The maximum absolute atomic E-state index is 14.3. The van der Waals surface area contributed by atoms with E-state index in [2.05, 4.69) is 25.3 Å². The van der Waals surface area contributed by atoms with E-state index < -0.39 is 77.7 Å². The van der Waals surface area contributed by atoms with Gasteiger partial charge in [0.15, 0.2) is 24.7 Å². The number of methoxy groups -OCH3 is 2. The zero-order valence-electron chi connectivity index (χ0n) is 35.6.